The molecular formula is C15H14N4OS. The SMILES string of the molecule is NNc1nc2sc3c(c(=O)c2n1-c1ccccc1)CCC3. The number of rotatable bonds is 2. The van der Waals surface area contributed by atoms with E-state index in [4.69, 9.17) is 5.84 Å². The molecule has 0 spiro atoms. The first-order chi connectivity index (χ1) is 10.3. The second-order valence-corrected chi connectivity index (χ2v) is 6.17. The lowest BCUT2D eigenvalue weighted by molar-refractivity contribution is 0.913. The van der Waals surface area contributed by atoms with Gasteiger partial charge in [-0.1, -0.05) is 18.2 Å². The van der Waals surface area contributed by atoms with Gasteiger partial charge in [0.2, 0.25) is 11.4 Å². The first-order valence-electron chi connectivity index (χ1n) is 6.89. The lowest BCUT2D eigenvalue weighted by Gasteiger charge is -2.08. The Kier molecular flexibility index (Phi) is 2.80. The molecule has 1 aliphatic rings. The molecule has 0 amide bonds. The van der Waals surface area contributed by atoms with Crippen LogP contribution in [0.15, 0.2) is 35.1 Å². The summed E-state index contributed by atoms with van der Waals surface area (Å²) in [6.07, 6.45) is 2.90. The predicted octanol–water partition coefficient (Wildman–Crippen LogP) is 2.22. The van der Waals surface area contributed by atoms with Crippen LogP contribution in [-0.4, -0.2) is 9.55 Å². The Morgan fingerprint density at radius 2 is 2.05 bits per heavy atom. The highest BCUT2D eigenvalue weighted by atomic mass is 32.1. The number of aryl methyl sites for hydroxylation is 1. The van der Waals surface area contributed by atoms with Gasteiger partial charge in [-0.15, -0.1) is 11.3 Å². The first-order valence-corrected chi connectivity index (χ1v) is 7.70. The van der Waals surface area contributed by atoms with E-state index in [1.807, 2.05) is 34.9 Å². The molecule has 0 saturated heterocycles. The highest BCUT2D eigenvalue weighted by Gasteiger charge is 2.23. The molecule has 1 aromatic carbocycles. The number of nitrogen functional groups attached to an aromatic ring is 1. The van der Waals surface area contributed by atoms with Crippen LogP contribution in [0.25, 0.3) is 16.0 Å². The van der Waals surface area contributed by atoms with Gasteiger partial charge in [0, 0.05) is 16.1 Å². The summed E-state index contributed by atoms with van der Waals surface area (Å²) in [5.74, 6) is 6.09. The Morgan fingerprint density at radius 3 is 2.81 bits per heavy atom. The molecule has 0 fully saturated rings. The number of aromatic nitrogens is 2. The molecule has 0 bridgehead atoms. The van der Waals surface area contributed by atoms with E-state index in [2.05, 4.69) is 10.4 Å². The lowest BCUT2D eigenvalue weighted by Crippen LogP contribution is -2.15. The van der Waals surface area contributed by atoms with Crippen molar-refractivity contribution in [2.75, 3.05) is 5.43 Å². The second-order valence-electron chi connectivity index (χ2n) is 5.09. The van der Waals surface area contributed by atoms with Crippen LogP contribution < -0.4 is 16.7 Å². The molecular weight excluding hydrogens is 284 g/mol. The largest absolute Gasteiger partial charge is 0.293 e. The van der Waals surface area contributed by atoms with Crippen LogP contribution >= 0.6 is 11.3 Å². The molecule has 0 saturated carbocycles. The number of hydrogen-bond acceptors (Lipinski definition) is 5. The van der Waals surface area contributed by atoms with Gasteiger partial charge >= 0.3 is 0 Å². The van der Waals surface area contributed by atoms with Crippen LogP contribution in [0.1, 0.15) is 16.9 Å². The third kappa shape index (κ3) is 1.80. The Morgan fingerprint density at radius 1 is 1.24 bits per heavy atom. The van der Waals surface area contributed by atoms with Crippen molar-refractivity contribution in [1.29, 1.82) is 0 Å². The maximum atomic E-state index is 12.8. The molecule has 0 unspecified atom stereocenters. The van der Waals surface area contributed by atoms with Crippen LogP contribution in [0.4, 0.5) is 5.95 Å². The van der Waals surface area contributed by atoms with Crippen molar-refractivity contribution in [2.24, 2.45) is 5.84 Å². The fourth-order valence-electron chi connectivity index (χ4n) is 2.92. The summed E-state index contributed by atoms with van der Waals surface area (Å²) in [6.45, 7) is 0. The first kappa shape index (κ1) is 12.6. The summed E-state index contributed by atoms with van der Waals surface area (Å²) < 4.78 is 1.81. The van der Waals surface area contributed by atoms with E-state index >= 15 is 0 Å². The van der Waals surface area contributed by atoms with E-state index in [9.17, 15) is 4.79 Å². The Hall–Kier alpha value is -2.18. The molecule has 2 aromatic heterocycles. The van der Waals surface area contributed by atoms with Crippen molar-refractivity contribution in [1.82, 2.24) is 9.55 Å². The average Bonchev–Trinajstić information content (AvgIpc) is 3.12. The minimum absolute atomic E-state index is 0.0918. The van der Waals surface area contributed by atoms with Crippen LogP contribution in [-0.2, 0) is 12.8 Å². The van der Waals surface area contributed by atoms with E-state index in [-0.39, 0.29) is 5.43 Å². The lowest BCUT2D eigenvalue weighted by atomic mass is 10.2. The van der Waals surface area contributed by atoms with Gasteiger partial charge in [-0.2, -0.15) is 0 Å². The van der Waals surface area contributed by atoms with Gasteiger partial charge in [0.05, 0.1) is 0 Å². The highest BCUT2D eigenvalue weighted by molar-refractivity contribution is 7.18. The standard InChI is InChI=1S/C15H14N4OS/c16-18-15-17-14-12(19(15)9-5-2-1-3-6-9)13(20)10-7-4-8-11(10)21-14/h1-3,5-6H,4,7-8,16H2,(H,17,18). The number of hydrazine groups is 1. The van der Waals surface area contributed by atoms with E-state index < -0.39 is 0 Å². The maximum absolute atomic E-state index is 12.8. The highest BCUT2D eigenvalue weighted by Crippen LogP contribution is 2.31. The number of nitrogens with one attached hydrogen (secondary N) is 1. The summed E-state index contributed by atoms with van der Waals surface area (Å²) in [7, 11) is 0. The van der Waals surface area contributed by atoms with Crippen LogP contribution in [0, 0.1) is 0 Å². The van der Waals surface area contributed by atoms with E-state index in [0.29, 0.717) is 11.5 Å². The van der Waals surface area contributed by atoms with Gasteiger partial charge in [0.25, 0.3) is 0 Å². The van der Waals surface area contributed by atoms with Crippen molar-refractivity contribution in [3.05, 3.63) is 51.0 Å². The average molecular weight is 298 g/mol. The molecule has 3 aromatic rings. The zero-order valence-corrected chi connectivity index (χ0v) is 12.1. The molecule has 0 radical (unpaired) electrons. The molecule has 2 heterocycles. The van der Waals surface area contributed by atoms with E-state index in [0.717, 1.165) is 35.3 Å². The van der Waals surface area contributed by atoms with Gasteiger partial charge < -0.3 is 0 Å². The molecule has 3 N–H and O–H groups in total. The zero-order valence-electron chi connectivity index (χ0n) is 11.3. The molecule has 5 nitrogen and oxygen atoms in total. The monoisotopic (exact) mass is 298 g/mol. The summed E-state index contributed by atoms with van der Waals surface area (Å²) in [6, 6.07) is 9.70. The van der Waals surface area contributed by atoms with Gasteiger partial charge in [-0.3, -0.25) is 14.8 Å². The van der Waals surface area contributed by atoms with Crippen LogP contribution in [0.3, 0.4) is 0 Å². The van der Waals surface area contributed by atoms with Gasteiger partial charge in [-0.05, 0) is 31.4 Å². The molecule has 4 rings (SSSR count). The summed E-state index contributed by atoms with van der Waals surface area (Å²) in [4.78, 5) is 19.2. The molecule has 0 atom stereocenters. The van der Waals surface area contributed by atoms with Gasteiger partial charge in [-0.25, -0.2) is 10.8 Å². The van der Waals surface area contributed by atoms with E-state index in [1.165, 1.54) is 4.88 Å². The van der Waals surface area contributed by atoms with Crippen LogP contribution in [0.2, 0.25) is 0 Å². The molecule has 0 aliphatic heterocycles. The van der Waals surface area contributed by atoms with Crippen molar-refractivity contribution < 1.29 is 0 Å². The van der Waals surface area contributed by atoms with Crippen molar-refractivity contribution in [2.45, 2.75) is 19.3 Å². The number of nitrogens with zero attached hydrogens (tertiary/aromatic N) is 2. The number of fused-ring (bicyclic) bond motifs is 2. The van der Waals surface area contributed by atoms with Crippen molar-refractivity contribution in [3.63, 3.8) is 0 Å². The maximum Gasteiger partial charge on any atom is 0.224 e. The third-order valence-electron chi connectivity index (χ3n) is 3.87. The number of para-hydroxylation sites is 1. The normalized spacial score (nSPS) is 13.6. The number of benzene rings is 1. The van der Waals surface area contributed by atoms with E-state index in [1.54, 1.807) is 11.3 Å². The summed E-state index contributed by atoms with van der Waals surface area (Å²) in [5.41, 5.74) is 5.16. The smallest absolute Gasteiger partial charge is 0.224 e. The summed E-state index contributed by atoms with van der Waals surface area (Å²) in [5, 5.41) is 0. The number of anilines is 1. The number of imidazole rings is 1. The third-order valence-corrected chi connectivity index (χ3v) is 5.04. The molecule has 1 aliphatic carbocycles. The predicted molar refractivity (Wildman–Crippen MR) is 85.1 cm³/mol. The topological polar surface area (TPSA) is 72.9 Å². The summed E-state index contributed by atoms with van der Waals surface area (Å²) >= 11 is 1.61. The molecule has 21 heavy (non-hydrogen) atoms. The Bertz CT molecular complexity index is 882. The molecule has 6 heteroatoms. The quantitative estimate of drug-likeness (QED) is 0.562. The fraction of sp³-hybridized carbons (Fsp3) is 0.200. The van der Waals surface area contributed by atoms with Gasteiger partial charge in [0.15, 0.2) is 0 Å². The minimum Gasteiger partial charge on any atom is -0.293 e. The molecule has 106 valence electrons. The number of nitrogens with two attached hydrogens (primary N) is 1. The fourth-order valence-corrected chi connectivity index (χ4v) is 4.13. The van der Waals surface area contributed by atoms with Crippen molar-refractivity contribution >= 4 is 27.6 Å². The Labute approximate surface area is 125 Å². The zero-order chi connectivity index (χ0) is 14.4. The van der Waals surface area contributed by atoms with Crippen molar-refractivity contribution in [3.8, 4) is 5.69 Å². The van der Waals surface area contributed by atoms with Crippen LogP contribution in [0.5, 0.6) is 0 Å². The minimum atomic E-state index is 0.0918. The Balaban J connectivity index is 2.12. The second kappa shape index (κ2) is 4.68. The number of hydrogen-bond donors (Lipinski definition) is 2. The van der Waals surface area contributed by atoms with Gasteiger partial charge in [0.1, 0.15) is 10.3 Å².